The first-order valence-corrected chi connectivity index (χ1v) is 8.26. The summed E-state index contributed by atoms with van der Waals surface area (Å²) in [4.78, 5) is 12.2. The van der Waals surface area contributed by atoms with Crippen LogP contribution in [0.4, 0.5) is 4.79 Å². The molecule has 3 aliphatic rings. The molecule has 4 rings (SSSR count). The second-order valence-electron chi connectivity index (χ2n) is 6.58. The molecule has 2 amide bonds. The molecule has 1 aliphatic carbocycles. The highest BCUT2D eigenvalue weighted by Crippen LogP contribution is 2.48. The number of hydrogen-bond donors (Lipinski definition) is 2. The highest BCUT2D eigenvalue weighted by Gasteiger charge is 2.47. The summed E-state index contributed by atoms with van der Waals surface area (Å²) in [5, 5.41) is 6.07. The fourth-order valence-electron chi connectivity index (χ4n) is 3.74. The summed E-state index contributed by atoms with van der Waals surface area (Å²) in [6.07, 6.45) is 4.38. The summed E-state index contributed by atoms with van der Waals surface area (Å²) in [6.45, 7) is 2.37. The second-order valence-corrected chi connectivity index (χ2v) is 6.58. The van der Waals surface area contributed by atoms with E-state index in [9.17, 15) is 4.79 Å². The Balaban J connectivity index is 1.29. The van der Waals surface area contributed by atoms with Gasteiger partial charge in [0.05, 0.1) is 0 Å². The number of urea groups is 1. The van der Waals surface area contributed by atoms with Crippen molar-refractivity contribution in [2.75, 3.05) is 20.0 Å². The molecule has 1 aromatic rings. The van der Waals surface area contributed by atoms with Crippen LogP contribution in [0.15, 0.2) is 18.2 Å². The van der Waals surface area contributed by atoms with E-state index in [-0.39, 0.29) is 24.3 Å². The normalized spacial score (nSPS) is 24.1. The highest BCUT2D eigenvalue weighted by atomic mass is 16.7. The Labute approximate surface area is 135 Å². The number of carbonyl (C=O) groups excluding carboxylic acids is 1. The Morgan fingerprint density at radius 2 is 2.00 bits per heavy atom. The van der Waals surface area contributed by atoms with E-state index < -0.39 is 0 Å². The summed E-state index contributed by atoms with van der Waals surface area (Å²) in [6, 6.07) is 5.91. The third kappa shape index (κ3) is 2.83. The standard InChI is InChI=1S/C17H22N2O4/c20-16(19-15-3-4-17(15)5-7-21-8-6-17)18-10-12-1-2-13-14(9-12)23-11-22-13/h1-2,9,15H,3-8,10-11H2,(H2,18,19,20). The van der Waals surface area contributed by atoms with Crippen LogP contribution in [-0.2, 0) is 11.3 Å². The molecule has 23 heavy (non-hydrogen) atoms. The second kappa shape index (κ2) is 5.92. The molecule has 2 N–H and O–H groups in total. The van der Waals surface area contributed by atoms with Gasteiger partial charge in [-0.1, -0.05) is 6.07 Å². The molecule has 1 aromatic carbocycles. The zero-order chi connectivity index (χ0) is 15.7. The van der Waals surface area contributed by atoms with E-state index in [2.05, 4.69) is 10.6 Å². The van der Waals surface area contributed by atoms with E-state index >= 15 is 0 Å². The van der Waals surface area contributed by atoms with Gasteiger partial charge in [0.1, 0.15) is 0 Å². The third-order valence-electron chi connectivity index (χ3n) is 5.35. The minimum atomic E-state index is -0.0989. The third-order valence-corrected chi connectivity index (χ3v) is 5.35. The largest absolute Gasteiger partial charge is 0.454 e. The number of carbonyl (C=O) groups is 1. The molecule has 2 aliphatic heterocycles. The number of benzene rings is 1. The van der Waals surface area contributed by atoms with Crippen molar-refractivity contribution in [2.24, 2.45) is 5.41 Å². The molecular weight excluding hydrogens is 296 g/mol. The van der Waals surface area contributed by atoms with Crippen molar-refractivity contribution in [3.63, 3.8) is 0 Å². The average Bonchev–Trinajstić information content (AvgIpc) is 3.05. The van der Waals surface area contributed by atoms with Gasteiger partial charge < -0.3 is 24.8 Å². The average molecular weight is 318 g/mol. The van der Waals surface area contributed by atoms with Gasteiger partial charge in [0, 0.05) is 25.8 Å². The molecular formula is C17H22N2O4. The van der Waals surface area contributed by atoms with E-state index in [4.69, 9.17) is 14.2 Å². The summed E-state index contributed by atoms with van der Waals surface area (Å²) in [5.41, 5.74) is 1.27. The van der Waals surface area contributed by atoms with Gasteiger partial charge in [-0.2, -0.15) is 0 Å². The highest BCUT2D eigenvalue weighted by molar-refractivity contribution is 5.74. The quantitative estimate of drug-likeness (QED) is 0.896. The molecule has 0 aromatic heterocycles. The maximum Gasteiger partial charge on any atom is 0.315 e. The van der Waals surface area contributed by atoms with E-state index in [1.165, 1.54) is 6.42 Å². The van der Waals surface area contributed by atoms with E-state index in [0.29, 0.717) is 6.54 Å². The van der Waals surface area contributed by atoms with Gasteiger partial charge >= 0.3 is 6.03 Å². The van der Waals surface area contributed by atoms with Gasteiger partial charge in [0.25, 0.3) is 0 Å². The topological polar surface area (TPSA) is 68.8 Å². The fourth-order valence-corrected chi connectivity index (χ4v) is 3.74. The molecule has 0 radical (unpaired) electrons. The van der Waals surface area contributed by atoms with Crippen molar-refractivity contribution in [3.05, 3.63) is 23.8 Å². The molecule has 0 bridgehead atoms. The molecule has 6 heteroatoms. The predicted molar refractivity (Wildman–Crippen MR) is 83.4 cm³/mol. The van der Waals surface area contributed by atoms with Gasteiger partial charge in [0.2, 0.25) is 6.79 Å². The minimum Gasteiger partial charge on any atom is -0.454 e. The molecule has 6 nitrogen and oxygen atoms in total. The van der Waals surface area contributed by atoms with Crippen molar-refractivity contribution < 1.29 is 19.0 Å². The van der Waals surface area contributed by atoms with Gasteiger partial charge in [-0.25, -0.2) is 4.79 Å². The maximum absolute atomic E-state index is 12.2. The van der Waals surface area contributed by atoms with Crippen LogP contribution in [0.25, 0.3) is 0 Å². The summed E-state index contributed by atoms with van der Waals surface area (Å²) < 4.78 is 16.1. The molecule has 124 valence electrons. The maximum atomic E-state index is 12.2. The lowest BCUT2D eigenvalue weighted by Crippen LogP contribution is -2.58. The number of fused-ring (bicyclic) bond motifs is 1. The van der Waals surface area contributed by atoms with Gasteiger partial charge in [0.15, 0.2) is 11.5 Å². The van der Waals surface area contributed by atoms with Crippen LogP contribution in [0.5, 0.6) is 11.5 Å². The van der Waals surface area contributed by atoms with Crippen molar-refractivity contribution >= 4 is 6.03 Å². The molecule has 1 saturated carbocycles. The Kier molecular flexibility index (Phi) is 3.77. The smallest absolute Gasteiger partial charge is 0.315 e. The number of rotatable bonds is 3. The molecule has 1 atom stereocenters. The Morgan fingerprint density at radius 1 is 1.17 bits per heavy atom. The Hall–Kier alpha value is -1.95. The van der Waals surface area contributed by atoms with Gasteiger partial charge in [-0.3, -0.25) is 0 Å². The van der Waals surface area contributed by atoms with Crippen LogP contribution in [0.2, 0.25) is 0 Å². The van der Waals surface area contributed by atoms with E-state index in [1.54, 1.807) is 0 Å². The number of hydrogen-bond acceptors (Lipinski definition) is 4. The van der Waals surface area contributed by atoms with Crippen LogP contribution >= 0.6 is 0 Å². The number of amides is 2. The van der Waals surface area contributed by atoms with Crippen LogP contribution in [-0.4, -0.2) is 32.1 Å². The zero-order valence-electron chi connectivity index (χ0n) is 13.1. The zero-order valence-corrected chi connectivity index (χ0v) is 13.1. The van der Waals surface area contributed by atoms with Crippen LogP contribution in [0, 0.1) is 5.41 Å². The molecule has 1 spiro atoms. The first-order chi connectivity index (χ1) is 11.3. The van der Waals surface area contributed by atoms with Gasteiger partial charge in [-0.15, -0.1) is 0 Å². The van der Waals surface area contributed by atoms with Crippen LogP contribution in [0.1, 0.15) is 31.2 Å². The van der Waals surface area contributed by atoms with E-state index in [0.717, 1.165) is 49.5 Å². The lowest BCUT2D eigenvalue weighted by molar-refractivity contribution is -0.0511. The first-order valence-electron chi connectivity index (χ1n) is 8.26. The van der Waals surface area contributed by atoms with Crippen molar-refractivity contribution in [1.29, 1.82) is 0 Å². The van der Waals surface area contributed by atoms with E-state index in [1.807, 2.05) is 18.2 Å². The van der Waals surface area contributed by atoms with Crippen molar-refractivity contribution in [3.8, 4) is 11.5 Å². The predicted octanol–water partition coefficient (Wildman–Crippen LogP) is 2.17. The number of ether oxygens (including phenoxy) is 3. The Bertz CT molecular complexity index is 598. The lowest BCUT2D eigenvalue weighted by atomic mass is 9.60. The minimum absolute atomic E-state index is 0.0989. The van der Waals surface area contributed by atoms with Gasteiger partial charge in [-0.05, 0) is 48.8 Å². The van der Waals surface area contributed by atoms with Crippen LogP contribution in [0.3, 0.4) is 0 Å². The summed E-state index contributed by atoms with van der Waals surface area (Å²) in [5.74, 6) is 1.50. The summed E-state index contributed by atoms with van der Waals surface area (Å²) in [7, 11) is 0. The Morgan fingerprint density at radius 3 is 2.78 bits per heavy atom. The number of nitrogens with one attached hydrogen (secondary N) is 2. The van der Waals surface area contributed by atoms with Crippen LogP contribution < -0.4 is 20.1 Å². The SMILES string of the molecule is O=C(NCc1ccc2c(c1)OCO2)NC1CCC12CCOCC2. The van der Waals surface area contributed by atoms with Crippen molar-refractivity contribution in [1.82, 2.24) is 10.6 Å². The molecule has 1 unspecified atom stereocenters. The first kappa shape index (κ1) is 14.6. The molecule has 2 heterocycles. The summed E-state index contributed by atoms with van der Waals surface area (Å²) >= 11 is 0. The monoisotopic (exact) mass is 318 g/mol. The van der Waals surface area contributed by atoms with Crippen molar-refractivity contribution in [2.45, 2.75) is 38.3 Å². The fraction of sp³-hybridized carbons (Fsp3) is 0.588. The molecule has 1 saturated heterocycles. The molecule has 2 fully saturated rings. The lowest BCUT2D eigenvalue weighted by Gasteiger charge is -2.51.